The zero-order valence-electron chi connectivity index (χ0n) is 12.0. The minimum atomic E-state index is 0.0722. The van der Waals surface area contributed by atoms with Crippen molar-refractivity contribution in [3.8, 4) is 0 Å². The van der Waals surface area contributed by atoms with Gasteiger partial charge >= 0.3 is 0 Å². The molecule has 0 aliphatic carbocycles. The first kappa shape index (κ1) is 15.8. The number of Topliss-reactive ketones (excluding diaryl/α,β-unsaturated/α-hetero) is 1. The SMILES string of the molecule is CC1CCC(C)N(CCC(=O)c2cccc(Cl)c2Cl)C1. The molecule has 1 heterocycles. The van der Waals surface area contributed by atoms with E-state index in [1.807, 2.05) is 0 Å². The molecular formula is C16H21Cl2NO. The maximum Gasteiger partial charge on any atom is 0.165 e. The molecule has 20 heavy (non-hydrogen) atoms. The molecule has 4 heteroatoms. The summed E-state index contributed by atoms with van der Waals surface area (Å²) >= 11 is 12.0. The Hall–Kier alpha value is -0.570. The molecule has 2 atom stereocenters. The van der Waals surface area contributed by atoms with Crippen LogP contribution in [0.1, 0.15) is 43.5 Å². The second-order valence-electron chi connectivity index (χ2n) is 5.80. The minimum absolute atomic E-state index is 0.0722. The Morgan fingerprint density at radius 2 is 2.05 bits per heavy atom. The second kappa shape index (κ2) is 6.93. The van der Waals surface area contributed by atoms with Gasteiger partial charge in [-0.3, -0.25) is 9.69 Å². The normalized spacial score (nSPS) is 23.8. The molecular weight excluding hydrogens is 293 g/mol. The van der Waals surface area contributed by atoms with Crippen LogP contribution in [-0.4, -0.2) is 29.8 Å². The highest BCUT2D eigenvalue weighted by Crippen LogP contribution is 2.27. The van der Waals surface area contributed by atoms with Gasteiger partial charge in [0.25, 0.3) is 0 Å². The van der Waals surface area contributed by atoms with E-state index in [1.165, 1.54) is 12.8 Å². The van der Waals surface area contributed by atoms with E-state index in [2.05, 4.69) is 18.7 Å². The van der Waals surface area contributed by atoms with Gasteiger partial charge in [0, 0.05) is 31.1 Å². The molecule has 0 amide bonds. The van der Waals surface area contributed by atoms with E-state index in [9.17, 15) is 4.79 Å². The van der Waals surface area contributed by atoms with Crippen molar-refractivity contribution >= 4 is 29.0 Å². The maximum atomic E-state index is 12.3. The predicted octanol–water partition coefficient (Wildman–Crippen LogP) is 4.69. The summed E-state index contributed by atoms with van der Waals surface area (Å²) in [6, 6.07) is 5.79. The number of likely N-dealkylation sites (tertiary alicyclic amines) is 1. The van der Waals surface area contributed by atoms with Crippen LogP contribution in [0.3, 0.4) is 0 Å². The van der Waals surface area contributed by atoms with Crippen LogP contribution in [-0.2, 0) is 0 Å². The smallest absolute Gasteiger partial charge is 0.165 e. The summed E-state index contributed by atoms with van der Waals surface area (Å²) in [5, 5.41) is 0.816. The predicted molar refractivity (Wildman–Crippen MR) is 84.8 cm³/mol. The number of piperidine rings is 1. The molecule has 1 fully saturated rings. The van der Waals surface area contributed by atoms with Gasteiger partial charge in [-0.05, 0) is 37.8 Å². The van der Waals surface area contributed by atoms with Gasteiger partial charge < -0.3 is 0 Å². The molecule has 2 rings (SSSR count). The Bertz CT molecular complexity index is 489. The number of hydrogen-bond donors (Lipinski definition) is 0. The lowest BCUT2D eigenvalue weighted by Gasteiger charge is -2.36. The molecule has 1 aromatic rings. The lowest BCUT2D eigenvalue weighted by Crippen LogP contribution is -2.42. The number of carbonyl (C=O) groups excluding carboxylic acids is 1. The number of carbonyl (C=O) groups is 1. The number of hydrogen-bond acceptors (Lipinski definition) is 2. The first-order valence-electron chi connectivity index (χ1n) is 7.20. The summed E-state index contributed by atoms with van der Waals surface area (Å²) in [6.07, 6.45) is 3.00. The summed E-state index contributed by atoms with van der Waals surface area (Å²) < 4.78 is 0. The fourth-order valence-electron chi connectivity index (χ4n) is 2.79. The van der Waals surface area contributed by atoms with Crippen molar-refractivity contribution in [2.24, 2.45) is 5.92 Å². The molecule has 0 aromatic heterocycles. The fraction of sp³-hybridized carbons (Fsp3) is 0.562. The summed E-state index contributed by atoms with van der Waals surface area (Å²) in [5.41, 5.74) is 0.539. The van der Waals surface area contributed by atoms with Gasteiger partial charge in [0.2, 0.25) is 0 Å². The van der Waals surface area contributed by atoms with Gasteiger partial charge in [-0.25, -0.2) is 0 Å². The van der Waals surface area contributed by atoms with Crippen LogP contribution in [0, 0.1) is 5.92 Å². The van der Waals surface area contributed by atoms with Gasteiger partial charge in [0.1, 0.15) is 0 Å². The Morgan fingerprint density at radius 3 is 2.80 bits per heavy atom. The molecule has 2 unspecified atom stereocenters. The van der Waals surface area contributed by atoms with Gasteiger partial charge in [0.05, 0.1) is 10.0 Å². The average Bonchev–Trinajstić information content (AvgIpc) is 2.42. The highest BCUT2D eigenvalue weighted by molar-refractivity contribution is 6.43. The molecule has 0 bridgehead atoms. The summed E-state index contributed by atoms with van der Waals surface area (Å²) in [7, 11) is 0. The average molecular weight is 314 g/mol. The standard InChI is InChI=1S/C16H21Cl2NO/c1-11-6-7-12(2)19(10-11)9-8-15(20)13-4-3-5-14(17)16(13)18/h3-5,11-12H,6-10H2,1-2H3. The largest absolute Gasteiger partial charge is 0.300 e. The molecule has 1 aliphatic rings. The molecule has 1 saturated heterocycles. The van der Waals surface area contributed by atoms with Gasteiger partial charge in [-0.2, -0.15) is 0 Å². The van der Waals surface area contributed by atoms with Crippen LogP contribution >= 0.6 is 23.2 Å². The topological polar surface area (TPSA) is 20.3 Å². The van der Waals surface area contributed by atoms with Crippen LogP contribution in [0.4, 0.5) is 0 Å². The molecule has 0 saturated carbocycles. The zero-order chi connectivity index (χ0) is 14.7. The van der Waals surface area contributed by atoms with Crippen molar-refractivity contribution in [3.05, 3.63) is 33.8 Å². The molecule has 0 spiro atoms. The van der Waals surface area contributed by atoms with Crippen LogP contribution in [0.5, 0.6) is 0 Å². The van der Waals surface area contributed by atoms with Crippen molar-refractivity contribution in [2.75, 3.05) is 13.1 Å². The Labute approximate surface area is 131 Å². The quantitative estimate of drug-likeness (QED) is 0.752. The van der Waals surface area contributed by atoms with Gasteiger partial charge in [-0.1, -0.05) is 36.2 Å². The first-order valence-corrected chi connectivity index (χ1v) is 7.96. The Morgan fingerprint density at radius 1 is 1.30 bits per heavy atom. The van der Waals surface area contributed by atoms with Gasteiger partial charge in [-0.15, -0.1) is 0 Å². The fourth-order valence-corrected chi connectivity index (χ4v) is 3.20. The van der Waals surface area contributed by atoms with E-state index < -0.39 is 0 Å². The monoisotopic (exact) mass is 313 g/mol. The third kappa shape index (κ3) is 3.75. The van der Waals surface area contributed by atoms with E-state index in [0.29, 0.717) is 28.1 Å². The van der Waals surface area contributed by atoms with Crippen LogP contribution in [0.2, 0.25) is 10.0 Å². The zero-order valence-corrected chi connectivity index (χ0v) is 13.5. The highest BCUT2D eigenvalue weighted by Gasteiger charge is 2.23. The number of halogens is 2. The van der Waals surface area contributed by atoms with Crippen molar-refractivity contribution in [1.82, 2.24) is 4.90 Å². The minimum Gasteiger partial charge on any atom is -0.300 e. The van der Waals surface area contributed by atoms with Crippen LogP contribution in [0.15, 0.2) is 18.2 Å². The van der Waals surface area contributed by atoms with Gasteiger partial charge in [0.15, 0.2) is 5.78 Å². The maximum absolute atomic E-state index is 12.3. The van der Waals surface area contributed by atoms with Crippen LogP contribution < -0.4 is 0 Å². The molecule has 110 valence electrons. The lowest BCUT2D eigenvalue weighted by atomic mass is 9.94. The number of nitrogens with zero attached hydrogens (tertiary/aromatic N) is 1. The molecule has 0 N–H and O–H groups in total. The number of rotatable bonds is 4. The Kier molecular flexibility index (Phi) is 5.48. The van der Waals surface area contributed by atoms with Crippen LogP contribution in [0.25, 0.3) is 0 Å². The molecule has 0 radical (unpaired) electrons. The highest BCUT2D eigenvalue weighted by atomic mass is 35.5. The Balaban J connectivity index is 1.96. The second-order valence-corrected chi connectivity index (χ2v) is 6.59. The first-order chi connectivity index (χ1) is 9.49. The molecule has 2 nitrogen and oxygen atoms in total. The van der Waals surface area contributed by atoms with E-state index in [4.69, 9.17) is 23.2 Å². The third-order valence-corrected chi connectivity index (χ3v) is 4.94. The number of benzene rings is 1. The third-order valence-electron chi connectivity index (χ3n) is 4.12. The molecule has 1 aliphatic heterocycles. The summed E-state index contributed by atoms with van der Waals surface area (Å²) in [6.45, 7) is 6.39. The summed E-state index contributed by atoms with van der Waals surface area (Å²) in [5.74, 6) is 0.791. The van der Waals surface area contributed by atoms with E-state index in [1.54, 1.807) is 18.2 Å². The van der Waals surface area contributed by atoms with E-state index >= 15 is 0 Å². The number of ketones is 1. The van der Waals surface area contributed by atoms with Crippen molar-refractivity contribution in [1.29, 1.82) is 0 Å². The van der Waals surface area contributed by atoms with E-state index in [0.717, 1.165) is 19.0 Å². The lowest BCUT2D eigenvalue weighted by molar-refractivity contribution is 0.0900. The van der Waals surface area contributed by atoms with E-state index in [-0.39, 0.29) is 5.78 Å². The van der Waals surface area contributed by atoms with Crippen molar-refractivity contribution < 1.29 is 4.79 Å². The summed E-state index contributed by atoms with van der Waals surface area (Å²) in [4.78, 5) is 14.7. The van der Waals surface area contributed by atoms with Crippen molar-refractivity contribution in [3.63, 3.8) is 0 Å². The van der Waals surface area contributed by atoms with Crippen molar-refractivity contribution in [2.45, 2.75) is 39.2 Å². The molecule has 1 aromatic carbocycles.